The fourth-order valence-electron chi connectivity index (χ4n) is 5.76. The van der Waals surface area contributed by atoms with Gasteiger partial charge in [0.15, 0.2) is 0 Å². The molecule has 0 radical (unpaired) electrons. The second kappa shape index (κ2) is 9.96. The first kappa shape index (κ1) is 24.3. The van der Waals surface area contributed by atoms with Crippen LogP contribution in [0.15, 0.2) is 30.3 Å². The molecule has 1 aromatic heterocycles. The number of aryl methyl sites for hydroxylation is 1. The third kappa shape index (κ3) is 5.57. The highest BCUT2D eigenvalue weighted by molar-refractivity contribution is 6.34. The van der Waals surface area contributed by atoms with Crippen LogP contribution in [0, 0.1) is 11.3 Å². The number of anilines is 1. The maximum Gasteiger partial charge on any atom is 0.305 e. The number of carbonyl (C=O) groups excluding carboxylic acids is 1. The molecule has 1 saturated heterocycles. The summed E-state index contributed by atoms with van der Waals surface area (Å²) in [5.74, 6) is -0.128. The molecule has 5 rings (SSSR count). The van der Waals surface area contributed by atoms with Gasteiger partial charge in [0, 0.05) is 54.3 Å². The molecule has 3 aliphatic rings. The van der Waals surface area contributed by atoms with Crippen LogP contribution in [0.3, 0.4) is 0 Å². The molecule has 2 aromatic rings. The third-order valence-corrected chi connectivity index (χ3v) is 7.90. The molecule has 7 nitrogen and oxygen atoms in total. The highest BCUT2D eigenvalue weighted by atomic mass is 35.5. The number of likely N-dealkylation sites (tertiary alicyclic amines) is 1. The first-order valence-corrected chi connectivity index (χ1v) is 13.0. The fraction of sp³-hybridized carbons (Fsp3) is 0.500. The van der Waals surface area contributed by atoms with Crippen LogP contribution >= 0.6 is 23.2 Å². The molecule has 1 atom stereocenters. The lowest BCUT2D eigenvalue weighted by atomic mass is 9.57. The summed E-state index contributed by atoms with van der Waals surface area (Å²) >= 11 is 12.2. The van der Waals surface area contributed by atoms with Crippen molar-refractivity contribution in [1.82, 2.24) is 15.2 Å². The Bertz CT molecular complexity index is 1110. The van der Waals surface area contributed by atoms with Gasteiger partial charge in [-0.1, -0.05) is 29.3 Å². The number of benzene rings is 1. The van der Waals surface area contributed by atoms with Crippen molar-refractivity contribution in [3.63, 3.8) is 0 Å². The SMILES string of the molecule is O=C(O)CC(NC(=O)C1CC2(C1)CN(CCc1ccc3c(n1)NCCC3)C2)c1cc(Cl)cc(Cl)c1. The summed E-state index contributed by atoms with van der Waals surface area (Å²) in [4.78, 5) is 31.5. The largest absolute Gasteiger partial charge is 0.481 e. The Hall–Kier alpha value is -2.35. The molecule has 0 bridgehead atoms. The lowest BCUT2D eigenvalue weighted by Crippen LogP contribution is -2.64. The molecule has 1 aromatic carbocycles. The van der Waals surface area contributed by atoms with E-state index >= 15 is 0 Å². The van der Waals surface area contributed by atoms with Gasteiger partial charge in [0.05, 0.1) is 12.5 Å². The quantitative estimate of drug-likeness (QED) is 0.483. The van der Waals surface area contributed by atoms with E-state index in [9.17, 15) is 14.7 Å². The Kier molecular flexibility index (Phi) is 6.93. The van der Waals surface area contributed by atoms with Gasteiger partial charge in [-0.2, -0.15) is 0 Å². The minimum absolute atomic E-state index is 0.0866. The predicted octanol–water partition coefficient (Wildman–Crippen LogP) is 4.33. The molecular formula is C26H30Cl2N4O3. The van der Waals surface area contributed by atoms with E-state index in [0.717, 1.165) is 69.8 Å². The van der Waals surface area contributed by atoms with E-state index in [2.05, 4.69) is 27.7 Å². The van der Waals surface area contributed by atoms with Crippen LogP contribution in [-0.4, -0.2) is 53.0 Å². The fourth-order valence-corrected chi connectivity index (χ4v) is 6.31. The number of amides is 1. The van der Waals surface area contributed by atoms with Crippen LogP contribution in [0.4, 0.5) is 5.82 Å². The average Bonchev–Trinajstić information content (AvgIpc) is 2.75. The number of rotatable bonds is 8. The summed E-state index contributed by atoms with van der Waals surface area (Å²) in [5.41, 5.74) is 3.25. The molecule has 1 saturated carbocycles. The number of aliphatic carboxylic acids is 1. The number of aromatic nitrogens is 1. The van der Waals surface area contributed by atoms with Gasteiger partial charge in [-0.05, 0) is 66.5 Å². The van der Waals surface area contributed by atoms with Crippen molar-refractivity contribution in [2.45, 2.75) is 44.6 Å². The standard InChI is InChI=1S/C26H30Cl2N4O3/c27-19-8-17(9-20(28)10-19)22(11-23(33)34)31-25(35)18-12-26(13-18)14-32(15-26)7-5-21-4-3-16-2-1-6-29-24(16)30-21/h3-4,8-10,18,22H,1-2,5-7,11-15H2,(H,29,30)(H,31,35)(H,33,34). The van der Waals surface area contributed by atoms with Gasteiger partial charge in [0.25, 0.3) is 0 Å². The number of nitrogens with one attached hydrogen (secondary N) is 2. The van der Waals surface area contributed by atoms with Crippen molar-refractivity contribution in [3.05, 3.63) is 57.2 Å². The van der Waals surface area contributed by atoms with Crippen LogP contribution in [0.25, 0.3) is 0 Å². The zero-order chi connectivity index (χ0) is 24.6. The lowest BCUT2D eigenvalue weighted by Gasteiger charge is -2.59. The zero-order valence-electron chi connectivity index (χ0n) is 19.5. The summed E-state index contributed by atoms with van der Waals surface area (Å²) in [6.07, 6.45) is 4.65. The molecule has 1 amide bonds. The predicted molar refractivity (Wildman–Crippen MR) is 136 cm³/mol. The summed E-state index contributed by atoms with van der Waals surface area (Å²) in [5, 5.41) is 16.5. The van der Waals surface area contributed by atoms with Crippen molar-refractivity contribution in [1.29, 1.82) is 0 Å². The van der Waals surface area contributed by atoms with Gasteiger partial charge in [-0.15, -0.1) is 0 Å². The summed E-state index contributed by atoms with van der Waals surface area (Å²) < 4.78 is 0. The number of nitrogens with zero attached hydrogens (tertiary/aromatic N) is 2. The number of hydrogen-bond donors (Lipinski definition) is 3. The van der Waals surface area contributed by atoms with E-state index in [1.807, 2.05) is 0 Å². The normalized spacial score (nSPS) is 19.7. The Morgan fingerprint density at radius 1 is 1.20 bits per heavy atom. The van der Waals surface area contributed by atoms with Gasteiger partial charge in [-0.25, -0.2) is 4.98 Å². The third-order valence-electron chi connectivity index (χ3n) is 7.47. The molecule has 186 valence electrons. The van der Waals surface area contributed by atoms with Crippen LogP contribution in [0.1, 0.15) is 48.5 Å². The molecule has 2 fully saturated rings. The van der Waals surface area contributed by atoms with Gasteiger partial charge in [-0.3, -0.25) is 9.59 Å². The summed E-state index contributed by atoms with van der Waals surface area (Å²) in [6.45, 7) is 3.97. The molecule has 1 aliphatic carbocycles. The number of halogens is 2. The van der Waals surface area contributed by atoms with E-state index in [-0.39, 0.29) is 23.7 Å². The molecule has 9 heteroatoms. The number of carboxylic acids is 1. The first-order valence-electron chi connectivity index (χ1n) is 12.2. The van der Waals surface area contributed by atoms with E-state index in [0.29, 0.717) is 15.6 Å². The van der Waals surface area contributed by atoms with E-state index in [1.165, 1.54) is 5.56 Å². The maximum absolute atomic E-state index is 12.9. The van der Waals surface area contributed by atoms with Gasteiger partial charge in [0.2, 0.25) is 5.91 Å². The minimum atomic E-state index is -0.990. The molecular weight excluding hydrogens is 487 g/mol. The van der Waals surface area contributed by atoms with Crippen LogP contribution in [-0.2, 0) is 22.4 Å². The molecule has 3 N–H and O–H groups in total. The van der Waals surface area contributed by atoms with E-state index in [4.69, 9.17) is 28.2 Å². The van der Waals surface area contributed by atoms with Crippen molar-refractivity contribution >= 4 is 40.9 Å². The second-order valence-corrected chi connectivity index (χ2v) is 11.1. The van der Waals surface area contributed by atoms with Gasteiger partial charge < -0.3 is 20.6 Å². The molecule has 2 aliphatic heterocycles. The van der Waals surface area contributed by atoms with Gasteiger partial charge >= 0.3 is 5.97 Å². The second-order valence-electron chi connectivity index (χ2n) is 10.3. The molecule has 1 unspecified atom stereocenters. The molecule has 1 spiro atoms. The molecule has 3 heterocycles. The monoisotopic (exact) mass is 516 g/mol. The number of carboxylic acid groups (broad SMARTS) is 1. The molecule has 35 heavy (non-hydrogen) atoms. The number of fused-ring (bicyclic) bond motifs is 1. The number of hydrogen-bond acceptors (Lipinski definition) is 5. The Morgan fingerprint density at radius 2 is 1.94 bits per heavy atom. The van der Waals surface area contributed by atoms with Crippen molar-refractivity contribution < 1.29 is 14.7 Å². The number of pyridine rings is 1. The van der Waals surface area contributed by atoms with Crippen molar-refractivity contribution in [2.75, 3.05) is 31.5 Å². The van der Waals surface area contributed by atoms with Crippen molar-refractivity contribution in [2.24, 2.45) is 11.3 Å². The lowest BCUT2D eigenvalue weighted by molar-refractivity contribution is -0.145. The van der Waals surface area contributed by atoms with E-state index in [1.54, 1.807) is 18.2 Å². The van der Waals surface area contributed by atoms with Crippen LogP contribution in [0.5, 0.6) is 0 Å². The average molecular weight is 517 g/mol. The van der Waals surface area contributed by atoms with E-state index < -0.39 is 12.0 Å². The first-order chi connectivity index (χ1) is 16.8. The highest BCUT2D eigenvalue weighted by Gasteiger charge is 2.54. The van der Waals surface area contributed by atoms with Crippen molar-refractivity contribution in [3.8, 4) is 0 Å². The smallest absolute Gasteiger partial charge is 0.305 e. The Labute approximate surface area is 215 Å². The Morgan fingerprint density at radius 3 is 2.66 bits per heavy atom. The minimum Gasteiger partial charge on any atom is -0.481 e. The Balaban J connectivity index is 1.09. The van der Waals surface area contributed by atoms with Gasteiger partial charge in [0.1, 0.15) is 5.82 Å². The van der Waals surface area contributed by atoms with Crippen LogP contribution in [0.2, 0.25) is 10.0 Å². The number of carbonyl (C=O) groups is 2. The highest BCUT2D eigenvalue weighted by Crippen LogP contribution is 2.52. The van der Waals surface area contributed by atoms with Crippen LogP contribution < -0.4 is 10.6 Å². The zero-order valence-corrected chi connectivity index (χ0v) is 21.0. The topological polar surface area (TPSA) is 94.6 Å². The summed E-state index contributed by atoms with van der Waals surface area (Å²) in [7, 11) is 0. The summed E-state index contributed by atoms with van der Waals surface area (Å²) in [6, 6.07) is 8.58. The maximum atomic E-state index is 12.9.